The van der Waals surface area contributed by atoms with Crippen LogP contribution in [0.15, 0.2) is 0 Å². The fraction of sp³-hybridized carbons (Fsp3) is 1.00. The van der Waals surface area contributed by atoms with Gasteiger partial charge in [-0.15, -0.1) is 0 Å². The third kappa shape index (κ3) is 7.34. The Morgan fingerprint density at radius 1 is 1.33 bits per heavy atom. The van der Waals surface area contributed by atoms with Gasteiger partial charge in [-0.05, 0) is 58.4 Å². The Morgan fingerprint density at radius 2 is 2.22 bits per heavy atom. The van der Waals surface area contributed by atoms with Crippen molar-refractivity contribution in [3.63, 3.8) is 0 Å². The van der Waals surface area contributed by atoms with Crippen molar-refractivity contribution in [3.05, 3.63) is 0 Å². The van der Waals surface area contributed by atoms with Gasteiger partial charge in [-0.25, -0.2) is 0 Å². The standard InChI is InChI=1S/C15H31NO2/c1-3-11-16-14(7-5-12-17-4-2)9-10-15-8-6-13-18-15/h14-16H,3-13H2,1-2H3. The number of rotatable bonds is 11. The molecule has 0 bridgehead atoms. The molecule has 0 aromatic heterocycles. The first-order valence-electron chi connectivity index (χ1n) is 7.79. The molecule has 1 saturated heterocycles. The Bertz CT molecular complexity index is 181. The van der Waals surface area contributed by atoms with Gasteiger partial charge in [0.1, 0.15) is 0 Å². The highest BCUT2D eigenvalue weighted by molar-refractivity contribution is 4.72. The second-order valence-electron chi connectivity index (χ2n) is 5.20. The van der Waals surface area contributed by atoms with Crippen LogP contribution in [0.5, 0.6) is 0 Å². The molecule has 0 aliphatic carbocycles. The lowest BCUT2D eigenvalue weighted by Crippen LogP contribution is -2.31. The first-order chi connectivity index (χ1) is 8.86. The SMILES string of the molecule is CCCNC(CCCOCC)CCC1CCCO1. The maximum Gasteiger partial charge on any atom is 0.0576 e. The predicted octanol–water partition coefficient (Wildman–Crippen LogP) is 3.13. The molecule has 1 aliphatic heterocycles. The molecule has 2 unspecified atom stereocenters. The molecule has 0 aromatic carbocycles. The van der Waals surface area contributed by atoms with Gasteiger partial charge in [0.2, 0.25) is 0 Å². The number of nitrogens with one attached hydrogen (secondary N) is 1. The zero-order valence-corrected chi connectivity index (χ0v) is 12.2. The molecular formula is C15H31NO2. The minimum absolute atomic E-state index is 0.530. The van der Waals surface area contributed by atoms with E-state index in [-0.39, 0.29) is 0 Å². The van der Waals surface area contributed by atoms with Crippen LogP contribution in [0.4, 0.5) is 0 Å². The smallest absolute Gasteiger partial charge is 0.0576 e. The summed E-state index contributed by atoms with van der Waals surface area (Å²) in [5, 5.41) is 3.66. The average Bonchev–Trinajstić information content (AvgIpc) is 2.90. The van der Waals surface area contributed by atoms with Crippen LogP contribution in [0.2, 0.25) is 0 Å². The molecule has 3 heteroatoms. The molecule has 0 spiro atoms. The summed E-state index contributed by atoms with van der Waals surface area (Å²) >= 11 is 0. The van der Waals surface area contributed by atoms with Crippen molar-refractivity contribution in [2.24, 2.45) is 0 Å². The molecule has 0 amide bonds. The van der Waals surface area contributed by atoms with E-state index in [1.54, 1.807) is 0 Å². The second-order valence-corrected chi connectivity index (χ2v) is 5.20. The Balaban J connectivity index is 2.12. The van der Waals surface area contributed by atoms with Gasteiger partial charge in [0.15, 0.2) is 0 Å². The van der Waals surface area contributed by atoms with Crippen LogP contribution >= 0.6 is 0 Å². The quantitative estimate of drug-likeness (QED) is 0.577. The lowest BCUT2D eigenvalue weighted by Gasteiger charge is -2.20. The van der Waals surface area contributed by atoms with Gasteiger partial charge in [0.25, 0.3) is 0 Å². The molecule has 1 rings (SSSR count). The van der Waals surface area contributed by atoms with Gasteiger partial charge in [-0.1, -0.05) is 6.92 Å². The third-order valence-corrected chi connectivity index (χ3v) is 3.59. The summed E-state index contributed by atoms with van der Waals surface area (Å²) in [6.45, 7) is 8.13. The zero-order chi connectivity index (χ0) is 13.1. The molecule has 108 valence electrons. The van der Waals surface area contributed by atoms with Gasteiger partial charge in [0, 0.05) is 25.9 Å². The summed E-state index contributed by atoms with van der Waals surface area (Å²) in [5.41, 5.74) is 0. The summed E-state index contributed by atoms with van der Waals surface area (Å²) in [7, 11) is 0. The van der Waals surface area contributed by atoms with E-state index in [0.29, 0.717) is 12.1 Å². The third-order valence-electron chi connectivity index (χ3n) is 3.59. The lowest BCUT2D eigenvalue weighted by molar-refractivity contribution is 0.0981. The highest BCUT2D eigenvalue weighted by atomic mass is 16.5. The highest BCUT2D eigenvalue weighted by Crippen LogP contribution is 2.18. The summed E-state index contributed by atoms with van der Waals surface area (Å²) in [5.74, 6) is 0. The first kappa shape index (κ1) is 15.9. The molecule has 1 fully saturated rings. The van der Waals surface area contributed by atoms with Crippen molar-refractivity contribution >= 4 is 0 Å². The number of hydrogen-bond donors (Lipinski definition) is 1. The molecule has 0 aromatic rings. The molecule has 1 heterocycles. The summed E-state index contributed by atoms with van der Waals surface area (Å²) < 4.78 is 11.1. The van der Waals surface area contributed by atoms with E-state index in [9.17, 15) is 0 Å². The second kappa shape index (κ2) is 10.8. The van der Waals surface area contributed by atoms with Crippen LogP contribution in [-0.2, 0) is 9.47 Å². The maximum atomic E-state index is 5.70. The topological polar surface area (TPSA) is 30.5 Å². The minimum atomic E-state index is 0.530. The van der Waals surface area contributed by atoms with Crippen LogP contribution in [0.1, 0.15) is 58.8 Å². The van der Waals surface area contributed by atoms with Crippen molar-refractivity contribution in [3.8, 4) is 0 Å². The van der Waals surface area contributed by atoms with Gasteiger partial charge >= 0.3 is 0 Å². The molecular weight excluding hydrogens is 226 g/mol. The summed E-state index contributed by atoms with van der Waals surface area (Å²) in [6, 6.07) is 0.648. The highest BCUT2D eigenvalue weighted by Gasteiger charge is 2.17. The average molecular weight is 257 g/mol. The van der Waals surface area contributed by atoms with Gasteiger partial charge in [-0.2, -0.15) is 0 Å². The van der Waals surface area contributed by atoms with Crippen molar-refractivity contribution < 1.29 is 9.47 Å². The molecule has 18 heavy (non-hydrogen) atoms. The molecule has 0 saturated carbocycles. The fourth-order valence-corrected chi connectivity index (χ4v) is 2.53. The van der Waals surface area contributed by atoms with Crippen molar-refractivity contribution in [1.82, 2.24) is 5.32 Å². The van der Waals surface area contributed by atoms with Crippen molar-refractivity contribution in [2.45, 2.75) is 70.9 Å². The number of ether oxygens (including phenoxy) is 2. The molecule has 1 aliphatic rings. The fourth-order valence-electron chi connectivity index (χ4n) is 2.53. The Morgan fingerprint density at radius 3 is 2.89 bits per heavy atom. The minimum Gasteiger partial charge on any atom is -0.382 e. The Labute approximate surface area is 113 Å². The van der Waals surface area contributed by atoms with Crippen LogP contribution in [0.3, 0.4) is 0 Å². The van der Waals surface area contributed by atoms with Crippen molar-refractivity contribution in [2.75, 3.05) is 26.4 Å². The largest absolute Gasteiger partial charge is 0.382 e. The first-order valence-corrected chi connectivity index (χ1v) is 7.79. The maximum absolute atomic E-state index is 5.70. The predicted molar refractivity (Wildman–Crippen MR) is 76.0 cm³/mol. The van der Waals surface area contributed by atoms with E-state index in [0.717, 1.165) is 26.4 Å². The van der Waals surface area contributed by atoms with E-state index in [2.05, 4.69) is 19.2 Å². The normalized spacial score (nSPS) is 21.3. The molecule has 1 N–H and O–H groups in total. The summed E-state index contributed by atoms with van der Waals surface area (Å²) in [4.78, 5) is 0. The molecule has 2 atom stereocenters. The number of hydrogen-bond acceptors (Lipinski definition) is 3. The Kier molecular flexibility index (Phi) is 9.54. The van der Waals surface area contributed by atoms with Gasteiger partial charge < -0.3 is 14.8 Å². The van der Waals surface area contributed by atoms with E-state index in [1.807, 2.05) is 0 Å². The van der Waals surface area contributed by atoms with E-state index < -0.39 is 0 Å². The monoisotopic (exact) mass is 257 g/mol. The van der Waals surface area contributed by atoms with E-state index in [1.165, 1.54) is 44.9 Å². The van der Waals surface area contributed by atoms with Crippen LogP contribution < -0.4 is 5.32 Å². The molecule has 0 radical (unpaired) electrons. The van der Waals surface area contributed by atoms with Gasteiger partial charge in [-0.3, -0.25) is 0 Å². The van der Waals surface area contributed by atoms with Gasteiger partial charge in [0.05, 0.1) is 6.10 Å². The lowest BCUT2D eigenvalue weighted by atomic mass is 10.0. The van der Waals surface area contributed by atoms with Crippen LogP contribution in [-0.4, -0.2) is 38.5 Å². The zero-order valence-electron chi connectivity index (χ0n) is 12.2. The van der Waals surface area contributed by atoms with Crippen LogP contribution in [0, 0.1) is 0 Å². The van der Waals surface area contributed by atoms with E-state index >= 15 is 0 Å². The Hall–Kier alpha value is -0.120. The van der Waals surface area contributed by atoms with Crippen LogP contribution in [0.25, 0.3) is 0 Å². The summed E-state index contributed by atoms with van der Waals surface area (Å²) in [6.07, 6.45) is 9.12. The molecule has 3 nitrogen and oxygen atoms in total. The van der Waals surface area contributed by atoms with Crippen molar-refractivity contribution in [1.29, 1.82) is 0 Å². The van der Waals surface area contributed by atoms with E-state index in [4.69, 9.17) is 9.47 Å².